The summed E-state index contributed by atoms with van der Waals surface area (Å²) in [6.45, 7) is 3.84. The minimum Gasteiger partial charge on any atom is -0.356 e. The Balaban J connectivity index is 1.80. The molecule has 0 aliphatic carbocycles. The number of rotatable bonds is 7. The molecule has 1 N–H and O–H groups in total. The van der Waals surface area contributed by atoms with Gasteiger partial charge in [0.05, 0.1) is 0 Å². The van der Waals surface area contributed by atoms with Crippen LogP contribution in [0.1, 0.15) is 39.0 Å². The van der Waals surface area contributed by atoms with E-state index in [1.807, 2.05) is 0 Å². The van der Waals surface area contributed by atoms with E-state index in [0.717, 1.165) is 32.2 Å². The summed E-state index contributed by atoms with van der Waals surface area (Å²) in [7, 11) is -3.34. The lowest BCUT2D eigenvalue weighted by molar-refractivity contribution is -0.122. The van der Waals surface area contributed by atoms with Crippen LogP contribution in [-0.2, 0) is 14.8 Å². The summed E-state index contributed by atoms with van der Waals surface area (Å²) in [4.78, 5) is 11.8. The van der Waals surface area contributed by atoms with E-state index >= 15 is 0 Å². The first-order chi connectivity index (χ1) is 10.5. The Morgan fingerprint density at radius 3 is 2.73 bits per heavy atom. The first-order valence-electron chi connectivity index (χ1n) is 7.84. The van der Waals surface area contributed by atoms with E-state index < -0.39 is 10.0 Å². The van der Waals surface area contributed by atoms with E-state index in [-0.39, 0.29) is 11.8 Å². The van der Waals surface area contributed by atoms with Crippen molar-refractivity contribution in [2.24, 2.45) is 5.92 Å². The van der Waals surface area contributed by atoms with E-state index in [1.165, 1.54) is 11.3 Å². The molecule has 2 heterocycles. The second-order valence-electron chi connectivity index (χ2n) is 5.69. The Bertz CT molecular complexity index is 562. The van der Waals surface area contributed by atoms with Gasteiger partial charge in [0.25, 0.3) is 10.0 Å². The molecule has 2 rings (SSSR count). The molecule has 5 nitrogen and oxygen atoms in total. The molecule has 1 aromatic heterocycles. The van der Waals surface area contributed by atoms with E-state index in [0.29, 0.717) is 23.7 Å². The normalized spacial score (nSPS) is 17.5. The Labute approximate surface area is 136 Å². The van der Waals surface area contributed by atoms with Gasteiger partial charge in [0, 0.05) is 26.1 Å². The van der Waals surface area contributed by atoms with Gasteiger partial charge in [0.1, 0.15) is 4.21 Å². The Morgan fingerprint density at radius 2 is 2.14 bits per heavy atom. The van der Waals surface area contributed by atoms with Crippen LogP contribution in [0.25, 0.3) is 0 Å². The molecule has 1 amide bonds. The number of piperidine rings is 1. The maximum Gasteiger partial charge on any atom is 0.252 e. The number of nitrogens with zero attached hydrogens (tertiary/aromatic N) is 1. The van der Waals surface area contributed by atoms with Crippen LogP contribution in [0.15, 0.2) is 21.7 Å². The molecule has 22 heavy (non-hydrogen) atoms. The molecular weight excluding hydrogens is 320 g/mol. The fourth-order valence-corrected chi connectivity index (χ4v) is 5.24. The molecule has 1 fully saturated rings. The molecule has 1 saturated heterocycles. The molecule has 124 valence electrons. The monoisotopic (exact) mass is 344 g/mol. The van der Waals surface area contributed by atoms with Gasteiger partial charge in [0.2, 0.25) is 5.91 Å². The van der Waals surface area contributed by atoms with Crippen molar-refractivity contribution in [1.29, 1.82) is 0 Å². The summed E-state index contributed by atoms with van der Waals surface area (Å²) in [6, 6.07) is 3.40. The van der Waals surface area contributed by atoms with Gasteiger partial charge in [-0.1, -0.05) is 19.4 Å². The van der Waals surface area contributed by atoms with E-state index in [2.05, 4.69) is 12.2 Å². The number of unbranched alkanes of at least 4 members (excludes halogenated alkanes) is 1. The average Bonchev–Trinajstić information content (AvgIpc) is 3.03. The number of carbonyl (C=O) groups excluding carboxylic acids is 1. The summed E-state index contributed by atoms with van der Waals surface area (Å²) in [6.07, 6.45) is 4.09. The molecule has 0 bridgehead atoms. The lowest BCUT2D eigenvalue weighted by Gasteiger charge is -2.30. The summed E-state index contributed by atoms with van der Waals surface area (Å²) in [5, 5.41) is 4.70. The summed E-state index contributed by atoms with van der Waals surface area (Å²) < 4.78 is 26.8. The molecule has 0 radical (unpaired) electrons. The summed E-state index contributed by atoms with van der Waals surface area (Å²) in [5.74, 6) is 0.379. The SMILES string of the molecule is CCCCNC(=O)CC1CCN(S(=O)(=O)c2cccs2)CC1. The van der Waals surface area contributed by atoms with Crippen molar-refractivity contribution in [2.75, 3.05) is 19.6 Å². The molecule has 0 spiro atoms. The topological polar surface area (TPSA) is 66.5 Å². The molecule has 7 heteroatoms. The zero-order chi connectivity index (χ0) is 16.0. The predicted octanol–water partition coefficient (Wildman–Crippen LogP) is 2.46. The molecule has 0 atom stereocenters. The van der Waals surface area contributed by atoms with Crippen LogP contribution in [0.4, 0.5) is 0 Å². The van der Waals surface area contributed by atoms with Crippen molar-refractivity contribution in [3.8, 4) is 0 Å². The maximum absolute atomic E-state index is 12.4. The molecule has 1 aliphatic rings. The van der Waals surface area contributed by atoms with Crippen molar-refractivity contribution in [2.45, 2.75) is 43.2 Å². The quantitative estimate of drug-likeness (QED) is 0.773. The zero-order valence-electron chi connectivity index (χ0n) is 13.0. The van der Waals surface area contributed by atoms with Gasteiger partial charge < -0.3 is 5.32 Å². The number of carbonyl (C=O) groups is 1. The highest BCUT2D eigenvalue weighted by Gasteiger charge is 2.30. The van der Waals surface area contributed by atoms with Gasteiger partial charge >= 0.3 is 0 Å². The smallest absolute Gasteiger partial charge is 0.252 e. The van der Waals surface area contributed by atoms with Crippen LogP contribution in [0.5, 0.6) is 0 Å². The molecule has 1 aliphatic heterocycles. The fourth-order valence-electron chi connectivity index (χ4n) is 2.63. The van der Waals surface area contributed by atoms with Crippen molar-refractivity contribution < 1.29 is 13.2 Å². The molecule has 1 aromatic rings. The highest BCUT2D eigenvalue weighted by atomic mass is 32.2. The van der Waals surface area contributed by atoms with Gasteiger partial charge in [-0.3, -0.25) is 4.79 Å². The molecule has 0 saturated carbocycles. The van der Waals surface area contributed by atoms with E-state index in [9.17, 15) is 13.2 Å². The van der Waals surface area contributed by atoms with Crippen LogP contribution in [-0.4, -0.2) is 38.3 Å². The van der Waals surface area contributed by atoms with Crippen LogP contribution >= 0.6 is 11.3 Å². The minimum absolute atomic E-state index is 0.0908. The standard InChI is InChI=1S/C15H24N2O3S2/c1-2-3-8-16-14(18)12-13-6-9-17(10-7-13)22(19,20)15-5-4-11-21-15/h4-5,11,13H,2-3,6-10,12H2,1H3,(H,16,18). The van der Waals surface area contributed by atoms with Crippen LogP contribution < -0.4 is 5.32 Å². The third-order valence-electron chi connectivity index (χ3n) is 3.99. The number of thiophene rings is 1. The van der Waals surface area contributed by atoms with Gasteiger partial charge in [-0.15, -0.1) is 11.3 Å². The highest BCUT2D eigenvalue weighted by Crippen LogP contribution is 2.27. The van der Waals surface area contributed by atoms with Crippen molar-refractivity contribution in [3.63, 3.8) is 0 Å². The fraction of sp³-hybridized carbons (Fsp3) is 0.667. The Morgan fingerprint density at radius 1 is 1.41 bits per heavy atom. The average molecular weight is 345 g/mol. The lowest BCUT2D eigenvalue weighted by Crippen LogP contribution is -2.39. The number of hydrogen-bond donors (Lipinski definition) is 1. The van der Waals surface area contributed by atoms with Crippen LogP contribution in [0, 0.1) is 5.92 Å². The third-order valence-corrected chi connectivity index (χ3v) is 7.26. The van der Waals surface area contributed by atoms with E-state index in [1.54, 1.807) is 21.8 Å². The van der Waals surface area contributed by atoms with Crippen molar-refractivity contribution in [1.82, 2.24) is 9.62 Å². The molecule has 0 unspecified atom stereocenters. The number of hydrogen-bond acceptors (Lipinski definition) is 4. The summed E-state index contributed by atoms with van der Waals surface area (Å²) >= 11 is 1.25. The summed E-state index contributed by atoms with van der Waals surface area (Å²) in [5.41, 5.74) is 0. The van der Waals surface area contributed by atoms with Gasteiger partial charge in [-0.2, -0.15) is 4.31 Å². The minimum atomic E-state index is -3.34. The lowest BCUT2D eigenvalue weighted by atomic mass is 9.94. The van der Waals surface area contributed by atoms with Crippen LogP contribution in [0.3, 0.4) is 0 Å². The zero-order valence-corrected chi connectivity index (χ0v) is 14.6. The van der Waals surface area contributed by atoms with Gasteiger partial charge in [-0.25, -0.2) is 8.42 Å². The van der Waals surface area contributed by atoms with Gasteiger partial charge in [0.15, 0.2) is 0 Å². The first-order valence-corrected chi connectivity index (χ1v) is 10.2. The Hall–Kier alpha value is -0.920. The van der Waals surface area contributed by atoms with Gasteiger partial charge in [-0.05, 0) is 36.6 Å². The molecular formula is C15H24N2O3S2. The third kappa shape index (κ3) is 4.54. The van der Waals surface area contributed by atoms with Crippen LogP contribution in [0.2, 0.25) is 0 Å². The van der Waals surface area contributed by atoms with Crippen molar-refractivity contribution >= 4 is 27.3 Å². The largest absolute Gasteiger partial charge is 0.356 e. The molecule has 0 aromatic carbocycles. The number of amides is 1. The highest BCUT2D eigenvalue weighted by molar-refractivity contribution is 7.91. The first kappa shape index (κ1) is 17.4. The van der Waals surface area contributed by atoms with Crippen molar-refractivity contribution in [3.05, 3.63) is 17.5 Å². The van der Waals surface area contributed by atoms with E-state index in [4.69, 9.17) is 0 Å². The number of nitrogens with one attached hydrogen (secondary N) is 1. The predicted molar refractivity (Wildman–Crippen MR) is 88.3 cm³/mol. The number of sulfonamides is 1. The maximum atomic E-state index is 12.4. The second-order valence-corrected chi connectivity index (χ2v) is 8.80. The Kier molecular flexibility index (Phi) is 6.40. The second kappa shape index (κ2) is 8.08.